The van der Waals surface area contributed by atoms with Crippen molar-refractivity contribution in [3.05, 3.63) is 33.8 Å². The van der Waals surface area contributed by atoms with Crippen molar-refractivity contribution >= 4 is 21.8 Å². The molecule has 1 amide bonds. The summed E-state index contributed by atoms with van der Waals surface area (Å²) in [5, 5.41) is 0. The van der Waals surface area contributed by atoms with Gasteiger partial charge >= 0.3 is 0 Å². The van der Waals surface area contributed by atoms with Gasteiger partial charge in [0.2, 0.25) is 0 Å². The number of likely N-dealkylation sites (tertiary alicyclic amines) is 1. The minimum absolute atomic E-state index is 0.120. The SMILES string of the molecule is COCC1CCN(C(=O)c2ccc(C)c(Br)c2)C1. The van der Waals surface area contributed by atoms with Gasteiger partial charge in [0.05, 0.1) is 6.61 Å². The molecule has 1 aliphatic rings. The first kappa shape index (κ1) is 13.6. The molecular weight excluding hydrogens is 294 g/mol. The van der Waals surface area contributed by atoms with E-state index in [0.717, 1.165) is 41.7 Å². The molecule has 1 aromatic carbocycles. The first-order chi connectivity index (χ1) is 8.61. The summed E-state index contributed by atoms with van der Waals surface area (Å²) >= 11 is 3.47. The van der Waals surface area contributed by atoms with Crippen molar-refractivity contribution in [2.45, 2.75) is 13.3 Å². The van der Waals surface area contributed by atoms with E-state index in [4.69, 9.17) is 4.74 Å². The molecule has 18 heavy (non-hydrogen) atoms. The first-order valence-electron chi connectivity index (χ1n) is 6.16. The van der Waals surface area contributed by atoms with Crippen molar-refractivity contribution in [1.29, 1.82) is 0 Å². The summed E-state index contributed by atoms with van der Waals surface area (Å²) in [5.74, 6) is 0.599. The number of hydrogen-bond acceptors (Lipinski definition) is 2. The maximum Gasteiger partial charge on any atom is 0.253 e. The number of rotatable bonds is 3. The minimum atomic E-state index is 0.120. The van der Waals surface area contributed by atoms with Crippen molar-refractivity contribution in [2.24, 2.45) is 5.92 Å². The van der Waals surface area contributed by atoms with Crippen LogP contribution in [0.25, 0.3) is 0 Å². The molecule has 1 aromatic rings. The van der Waals surface area contributed by atoms with Gasteiger partial charge in [-0.15, -0.1) is 0 Å². The fourth-order valence-electron chi connectivity index (χ4n) is 2.30. The van der Waals surface area contributed by atoms with Gasteiger partial charge in [-0.1, -0.05) is 22.0 Å². The topological polar surface area (TPSA) is 29.5 Å². The summed E-state index contributed by atoms with van der Waals surface area (Å²) in [6.45, 7) is 4.39. The minimum Gasteiger partial charge on any atom is -0.384 e. The smallest absolute Gasteiger partial charge is 0.253 e. The summed E-state index contributed by atoms with van der Waals surface area (Å²) in [7, 11) is 1.71. The molecular formula is C14H18BrNO2. The van der Waals surface area contributed by atoms with Crippen LogP contribution < -0.4 is 0 Å². The van der Waals surface area contributed by atoms with Crippen LogP contribution >= 0.6 is 15.9 Å². The number of carbonyl (C=O) groups is 1. The van der Waals surface area contributed by atoms with Crippen LogP contribution in [0, 0.1) is 12.8 Å². The van der Waals surface area contributed by atoms with E-state index in [1.807, 2.05) is 30.0 Å². The van der Waals surface area contributed by atoms with Crippen LogP contribution in [0.3, 0.4) is 0 Å². The number of carbonyl (C=O) groups excluding carboxylic acids is 1. The molecule has 0 radical (unpaired) electrons. The summed E-state index contributed by atoms with van der Waals surface area (Å²) in [6.07, 6.45) is 1.03. The van der Waals surface area contributed by atoms with E-state index >= 15 is 0 Å². The Hall–Kier alpha value is -0.870. The second-order valence-corrected chi connectivity index (χ2v) is 5.68. The Morgan fingerprint density at radius 1 is 1.56 bits per heavy atom. The molecule has 1 fully saturated rings. The van der Waals surface area contributed by atoms with Crippen LogP contribution in [0.1, 0.15) is 22.3 Å². The van der Waals surface area contributed by atoms with Crippen molar-refractivity contribution in [3.63, 3.8) is 0 Å². The lowest BCUT2D eigenvalue weighted by Gasteiger charge is -2.17. The number of halogens is 1. The van der Waals surface area contributed by atoms with E-state index in [0.29, 0.717) is 5.92 Å². The van der Waals surface area contributed by atoms with Gasteiger partial charge in [0.1, 0.15) is 0 Å². The fraction of sp³-hybridized carbons (Fsp3) is 0.500. The van der Waals surface area contributed by atoms with E-state index in [1.54, 1.807) is 7.11 Å². The number of methoxy groups -OCH3 is 1. The Kier molecular flexibility index (Phi) is 4.40. The predicted molar refractivity (Wildman–Crippen MR) is 74.8 cm³/mol. The molecule has 0 saturated carbocycles. The Labute approximate surface area is 116 Å². The molecule has 2 rings (SSSR count). The first-order valence-corrected chi connectivity index (χ1v) is 6.95. The van der Waals surface area contributed by atoms with Crippen LogP contribution in [0.2, 0.25) is 0 Å². The van der Waals surface area contributed by atoms with Gasteiger partial charge in [0.25, 0.3) is 5.91 Å². The van der Waals surface area contributed by atoms with Crippen LogP contribution in [-0.4, -0.2) is 37.6 Å². The molecule has 1 atom stereocenters. The van der Waals surface area contributed by atoms with Crippen LogP contribution in [0.4, 0.5) is 0 Å². The zero-order chi connectivity index (χ0) is 13.1. The molecule has 1 heterocycles. The third-order valence-electron chi connectivity index (χ3n) is 3.39. The zero-order valence-corrected chi connectivity index (χ0v) is 12.4. The normalized spacial score (nSPS) is 19.3. The average Bonchev–Trinajstić information content (AvgIpc) is 2.81. The lowest BCUT2D eigenvalue weighted by molar-refractivity contribution is 0.0775. The highest BCUT2D eigenvalue weighted by Gasteiger charge is 2.26. The van der Waals surface area contributed by atoms with Gasteiger partial charge in [0, 0.05) is 36.2 Å². The number of benzene rings is 1. The van der Waals surface area contributed by atoms with Gasteiger partial charge in [-0.05, 0) is 31.0 Å². The van der Waals surface area contributed by atoms with E-state index in [1.165, 1.54) is 0 Å². The quantitative estimate of drug-likeness (QED) is 0.859. The summed E-state index contributed by atoms with van der Waals surface area (Å²) in [4.78, 5) is 14.2. The molecule has 3 nitrogen and oxygen atoms in total. The molecule has 0 bridgehead atoms. The van der Waals surface area contributed by atoms with Crippen molar-refractivity contribution in [2.75, 3.05) is 26.8 Å². The molecule has 0 N–H and O–H groups in total. The summed E-state index contributed by atoms with van der Waals surface area (Å²) < 4.78 is 6.14. The largest absolute Gasteiger partial charge is 0.384 e. The van der Waals surface area contributed by atoms with Crippen LogP contribution in [0.15, 0.2) is 22.7 Å². The number of aryl methyl sites for hydroxylation is 1. The summed E-state index contributed by atoms with van der Waals surface area (Å²) in [6, 6.07) is 5.77. The van der Waals surface area contributed by atoms with Crippen molar-refractivity contribution < 1.29 is 9.53 Å². The molecule has 1 unspecified atom stereocenters. The highest BCUT2D eigenvalue weighted by molar-refractivity contribution is 9.10. The molecule has 0 aromatic heterocycles. The molecule has 1 saturated heterocycles. The predicted octanol–water partition coefficient (Wildman–Crippen LogP) is 2.87. The van der Waals surface area contributed by atoms with E-state index in [2.05, 4.69) is 15.9 Å². The van der Waals surface area contributed by atoms with Gasteiger partial charge in [-0.3, -0.25) is 4.79 Å². The van der Waals surface area contributed by atoms with Crippen LogP contribution in [0.5, 0.6) is 0 Å². The molecule has 0 aliphatic carbocycles. The van der Waals surface area contributed by atoms with E-state index in [-0.39, 0.29) is 5.91 Å². The molecule has 98 valence electrons. The Morgan fingerprint density at radius 3 is 3.00 bits per heavy atom. The Morgan fingerprint density at radius 2 is 2.33 bits per heavy atom. The highest BCUT2D eigenvalue weighted by atomic mass is 79.9. The maximum atomic E-state index is 12.3. The highest BCUT2D eigenvalue weighted by Crippen LogP contribution is 2.22. The fourth-order valence-corrected chi connectivity index (χ4v) is 2.68. The number of ether oxygens (including phenoxy) is 1. The van der Waals surface area contributed by atoms with Crippen molar-refractivity contribution in [1.82, 2.24) is 4.90 Å². The second kappa shape index (κ2) is 5.85. The third kappa shape index (κ3) is 2.93. The average molecular weight is 312 g/mol. The van der Waals surface area contributed by atoms with Gasteiger partial charge in [-0.25, -0.2) is 0 Å². The maximum absolute atomic E-state index is 12.3. The van der Waals surface area contributed by atoms with Crippen molar-refractivity contribution in [3.8, 4) is 0 Å². The summed E-state index contributed by atoms with van der Waals surface area (Å²) in [5.41, 5.74) is 1.90. The lowest BCUT2D eigenvalue weighted by atomic mass is 10.1. The Bertz CT molecular complexity index is 447. The lowest BCUT2D eigenvalue weighted by Crippen LogP contribution is -2.29. The van der Waals surface area contributed by atoms with Crippen LogP contribution in [-0.2, 0) is 4.74 Å². The monoisotopic (exact) mass is 311 g/mol. The molecule has 1 aliphatic heterocycles. The van der Waals surface area contributed by atoms with Gasteiger partial charge in [-0.2, -0.15) is 0 Å². The van der Waals surface area contributed by atoms with E-state index in [9.17, 15) is 4.79 Å². The standard InChI is InChI=1S/C14H18BrNO2/c1-10-3-4-12(7-13(10)15)14(17)16-6-5-11(8-16)9-18-2/h3-4,7,11H,5-6,8-9H2,1-2H3. The number of nitrogens with zero attached hydrogens (tertiary/aromatic N) is 1. The zero-order valence-electron chi connectivity index (χ0n) is 10.8. The molecule has 0 spiro atoms. The Balaban J connectivity index is 2.05. The van der Waals surface area contributed by atoms with Gasteiger partial charge < -0.3 is 9.64 Å². The van der Waals surface area contributed by atoms with E-state index < -0.39 is 0 Å². The number of amides is 1. The number of hydrogen-bond donors (Lipinski definition) is 0. The van der Waals surface area contributed by atoms with Gasteiger partial charge in [0.15, 0.2) is 0 Å². The molecule has 4 heteroatoms. The third-order valence-corrected chi connectivity index (χ3v) is 4.25. The second-order valence-electron chi connectivity index (χ2n) is 4.83.